The smallest absolute Gasteiger partial charge is 0.377 e. The molecule has 2 heterocycles. The molecule has 3 atom stereocenters. The lowest BCUT2D eigenvalue weighted by atomic mass is 9.55. The van der Waals surface area contributed by atoms with Gasteiger partial charge in [-0.05, 0) is 12.8 Å². The van der Waals surface area contributed by atoms with Crippen molar-refractivity contribution >= 4 is 17.2 Å². The molecule has 1 aliphatic heterocycles. The van der Waals surface area contributed by atoms with Gasteiger partial charge >= 0.3 is 6.18 Å². The molecule has 122 valence electrons. The van der Waals surface area contributed by atoms with Crippen molar-refractivity contribution in [1.29, 1.82) is 0 Å². The third-order valence-electron chi connectivity index (χ3n) is 4.66. The number of nitrogens with one attached hydrogen (secondary N) is 1. The molecule has 2 aliphatic rings. The lowest BCUT2D eigenvalue weighted by Gasteiger charge is -2.59. The molecular formula is C14H17F3N2O2S. The van der Waals surface area contributed by atoms with Crippen LogP contribution in [0.2, 0.25) is 0 Å². The Labute approximate surface area is 130 Å². The minimum absolute atomic E-state index is 0.0593. The summed E-state index contributed by atoms with van der Waals surface area (Å²) < 4.78 is 44.3. The second kappa shape index (κ2) is 5.19. The summed E-state index contributed by atoms with van der Waals surface area (Å²) in [5.41, 5.74) is 0.235. The van der Waals surface area contributed by atoms with Crippen LogP contribution in [0.4, 0.5) is 13.2 Å². The van der Waals surface area contributed by atoms with E-state index >= 15 is 0 Å². The highest BCUT2D eigenvalue weighted by molar-refractivity contribution is 7.10. The average Bonchev–Trinajstić information content (AvgIpc) is 2.94. The Morgan fingerprint density at radius 1 is 1.50 bits per heavy atom. The molecule has 1 amide bonds. The number of aromatic nitrogens is 1. The van der Waals surface area contributed by atoms with Crippen molar-refractivity contribution in [3.05, 3.63) is 16.1 Å². The van der Waals surface area contributed by atoms with Crippen LogP contribution in [0.1, 0.15) is 42.1 Å². The van der Waals surface area contributed by atoms with E-state index in [0.29, 0.717) is 17.9 Å². The lowest BCUT2D eigenvalue weighted by Crippen LogP contribution is -2.70. The van der Waals surface area contributed by atoms with E-state index in [2.05, 4.69) is 10.3 Å². The highest BCUT2D eigenvalue weighted by Gasteiger charge is 2.58. The van der Waals surface area contributed by atoms with E-state index in [1.54, 1.807) is 0 Å². The maximum atomic E-state index is 12.9. The molecule has 3 rings (SSSR count). The van der Waals surface area contributed by atoms with Crippen LogP contribution >= 0.6 is 11.3 Å². The van der Waals surface area contributed by atoms with E-state index in [1.165, 1.54) is 0 Å². The van der Waals surface area contributed by atoms with Crippen LogP contribution in [0.5, 0.6) is 0 Å². The van der Waals surface area contributed by atoms with Gasteiger partial charge in [-0.1, -0.05) is 13.8 Å². The van der Waals surface area contributed by atoms with E-state index in [4.69, 9.17) is 4.74 Å². The zero-order valence-electron chi connectivity index (χ0n) is 12.2. The molecule has 2 fully saturated rings. The number of rotatable bonds is 2. The molecule has 22 heavy (non-hydrogen) atoms. The third-order valence-corrected chi connectivity index (χ3v) is 5.53. The van der Waals surface area contributed by atoms with E-state index in [1.807, 2.05) is 13.8 Å². The SMILES string of the molecule is CC1(C)C(NC(=O)c2ncsc2C(F)(F)F)C2CCCOC21. The fraction of sp³-hybridized carbons (Fsp3) is 0.714. The minimum atomic E-state index is -4.56. The summed E-state index contributed by atoms with van der Waals surface area (Å²) >= 11 is 0.439. The fourth-order valence-corrected chi connectivity index (χ4v) is 4.29. The summed E-state index contributed by atoms with van der Waals surface area (Å²) in [6.07, 6.45) is -2.67. The van der Waals surface area contributed by atoms with Crippen molar-refractivity contribution in [3.8, 4) is 0 Å². The van der Waals surface area contributed by atoms with Gasteiger partial charge in [-0.2, -0.15) is 13.2 Å². The number of hydrogen-bond donors (Lipinski definition) is 1. The molecule has 1 aromatic rings. The fourth-order valence-electron chi connectivity index (χ4n) is 3.63. The third kappa shape index (κ3) is 2.42. The van der Waals surface area contributed by atoms with E-state index < -0.39 is 22.7 Å². The average molecular weight is 334 g/mol. The predicted octanol–water partition coefficient (Wildman–Crippen LogP) is 3.10. The zero-order chi connectivity index (χ0) is 16.1. The Bertz CT molecular complexity index is 585. The normalized spacial score (nSPS) is 30.3. The summed E-state index contributed by atoms with van der Waals surface area (Å²) in [6, 6.07) is -0.187. The van der Waals surface area contributed by atoms with Gasteiger partial charge in [0.1, 0.15) is 4.88 Å². The van der Waals surface area contributed by atoms with Gasteiger partial charge in [-0.3, -0.25) is 4.79 Å². The largest absolute Gasteiger partial charge is 0.427 e. The van der Waals surface area contributed by atoms with Crippen molar-refractivity contribution in [3.63, 3.8) is 0 Å². The van der Waals surface area contributed by atoms with Crippen LogP contribution in [0.3, 0.4) is 0 Å². The van der Waals surface area contributed by atoms with E-state index in [0.717, 1.165) is 18.4 Å². The van der Waals surface area contributed by atoms with Gasteiger partial charge in [0, 0.05) is 24.0 Å². The molecule has 1 N–H and O–H groups in total. The van der Waals surface area contributed by atoms with Crippen molar-refractivity contribution in [2.24, 2.45) is 11.3 Å². The minimum Gasteiger partial charge on any atom is -0.377 e. The maximum Gasteiger partial charge on any atom is 0.427 e. The van der Waals surface area contributed by atoms with E-state index in [-0.39, 0.29) is 23.5 Å². The van der Waals surface area contributed by atoms with Gasteiger partial charge in [-0.25, -0.2) is 4.98 Å². The molecule has 1 saturated heterocycles. The van der Waals surface area contributed by atoms with Gasteiger partial charge in [0.25, 0.3) is 5.91 Å². The number of ether oxygens (including phenoxy) is 1. The molecular weight excluding hydrogens is 317 g/mol. The van der Waals surface area contributed by atoms with Crippen LogP contribution in [0, 0.1) is 11.3 Å². The Morgan fingerprint density at radius 3 is 2.91 bits per heavy atom. The Hall–Kier alpha value is -1.15. The number of amides is 1. The molecule has 4 nitrogen and oxygen atoms in total. The number of carbonyl (C=O) groups is 1. The molecule has 0 radical (unpaired) electrons. The quantitative estimate of drug-likeness (QED) is 0.904. The number of halogens is 3. The number of carbonyl (C=O) groups excluding carboxylic acids is 1. The molecule has 1 aromatic heterocycles. The summed E-state index contributed by atoms with van der Waals surface area (Å²) in [5.74, 6) is -0.587. The highest BCUT2D eigenvalue weighted by Crippen LogP contribution is 2.51. The van der Waals surface area contributed by atoms with Crippen LogP contribution in [0.15, 0.2) is 5.51 Å². The van der Waals surface area contributed by atoms with Gasteiger partial charge in [-0.15, -0.1) is 11.3 Å². The number of thiazole rings is 1. The number of alkyl halides is 3. The van der Waals surface area contributed by atoms with Crippen molar-refractivity contribution in [2.45, 2.75) is 45.0 Å². The van der Waals surface area contributed by atoms with Gasteiger partial charge in [0.2, 0.25) is 0 Å². The van der Waals surface area contributed by atoms with E-state index in [9.17, 15) is 18.0 Å². The monoisotopic (exact) mass is 334 g/mol. The van der Waals surface area contributed by atoms with Crippen LogP contribution in [-0.2, 0) is 10.9 Å². The lowest BCUT2D eigenvalue weighted by molar-refractivity contribution is -0.189. The first kappa shape index (κ1) is 15.7. The Kier molecular flexibility index (Phi) is 3.71. The van der Waals surface area contributed by atoms with Gasteiger partial charge in [0.05, 0.1) is 11.6 Å². The number of nitrogens with zero attached hydrogens (tertiary/aromatic N) is 1. The Morgan fingerprint density at radius 2 is 2.23 bits per heavy atom. The molecule has 0 spiro atoms. The van der Waals surface area contributed by atoms with Crippen molar-refractivity contribution < 1.29 is 22.7 Å². The molecule has 0 bridgehead atoms. The molecule has 3 unspecified atom stereocenters. The summed E-state index contributed by atoms with van der Waals surface area (Å²) in [6.45, 7) is 4.64. The molecule has 1 saturated carbocycles. The molecule has 0 aromatic carbocycles. The number of hydrogen-bond acceptors (Lipinski definition) is 4. The summed E-state index contributed by atoms with van der Waals surface area (Å²) in [4.78, 5) is 14.9. The zero-order valence-corrected chi connectivity index (χ0v) is 13.1. The standard InChI is InChI=1S/C14H17F3N2O2S/c1-13(2)9(7-4-3-5-21-10(7)13)19-12(20)8-11(14(15,16)17)22-6-18-8/h6-7,9-10H,3-5H2,1-2H3,(H,19,20). The maximum absolute atomic E-state index is 12.9. The van der Waals surface area contributed by atoms with Crippen molar-refractivity contribution in [2.75, 3.05) is 6.61 Å². The van der Waals surface area contributed by atoms with Crippen LogP contribution < -0.4 is 5.32 Å². The van der Waals surface area contributed by atoms with Gasteiger partial charge in [0.15, 0.2) is 5.69 Å². The van der Waals surface area contributed by atoms with Crippen molar-refractivity contribution in [1.82, 2.24) is 10.3 Å². The summed E-state index contributed by atoms with van der Waals surface area (Å²) in [7, 11) is 0. The first-order valence-electron chi connectivity index (χ1n) is 7.16. The first-order valence-corrected chi connectivity index (χ1v) is 8.04. The summed E-state index contributed by atoms with van der Waals surface area (Å²) in [5, 5.41) is 2.75. The van der Waals surface area contributed by atoms with Crippen LogP contribution in [-0.4, -0.2) is 29.6 Å². The van der Waals surface area contributed by atoms with Crippen LogP contribution in [0.25, 0.3) is 0 Å². The molecule has 1 aliphatic carbocycles. The second-order valence-corrected chi connectivity index (χ2v) is 7.25. The van der Waals surface area contributed by atoms with Gasteiger partial charge < -0.3 is 10.1 Å². The predicted molar refractivity (Wildman–Crippen MR) is 74.6 cm³/mol. The topological polar surface area (TPSA) is 51.2 Å². The molecule has 8 heteroatoms. The second-order valence-electron chi connectivity index (χ2n) is 6.40. The Balaban J connectivity index is 1.76. The first-order chi connectivity index (χ1) is 10.2. The highest BCUT2D eigenvalue weighted by atomic mass is 32.1. The number of fused-ring (bicyclic) bond motifs is 1.